The van der Waals surface area contributed by atoms with Gasteiger partial charge in [0, 0.05) is 11.9 Å². The van der Waals surface area contributed by atoms with Crippen LogP contribution in [0, 0.1) is 0 Å². The Morgan fingerprint density at radius 2 is 1.93 bits per heavy atom. The predicted molar refractivity (Wildman–Crippen MR) is 56.9 cm³/mol. The smallest absolute Gasteiger partial charge is 0.207 e. The van der Waals surface area contributed by atoms with Crippen LogP contribution in [0.2, 0.25) is 0 Å². The van der Waals surface area contributed by atoms with E-state index in [9.17, 15) is 8.42 Å². The number of sulfonamides is 1. The third-order valence-electron chi connectivity index (χ3n) is 1.64. The van der Waals surface area contributed by atoms with Gasteiger partial charge in [-0.3, -0.25) is 0 Å². The monoisotopic (exact) mass is 233 g/mol. The third-order valence-corrected chi connectivity index (χ3v) is 3.71. The first-order valence-corrected chi connectivity index (χ1v) is 6.21. The highest BCUT2D eigenvalue weighted by atomic mass is 35.5. The topological polar surface area (TPSA) is 46.2 Å². The van der Waals surface area contributed by atoms with E-state index in [1.54, 1.807) is 37.3 Å². The van der Waals surface area contributed by atoms with Crippen LogP contribution in [-0.4, -0.2) is 20.3 Å². The molecule has 0 aliphatic carbocycles. The molecule has 0 aromatic heterocycles. The Morgan fingerprint density at radius 1 is 1.36 bits per heavy atom. The second kappa shape index (κ2) is 4.77. The van der Waals surface area contributed by atoms with E-state index in [0.29, 0.717) is 0 Å². The molecule has 0 heterocycles. The number of halogens is 1. The summed E-state index contributed by atoms with van der Waals surface area (Å²) in [7, 11) is -3.41. The van der Waals surface area contributed by atoms with Gasteiger partial charge in [0.1, 0.15) is 0 Å². The van der Waals surface area contributed by atoms with E-state index in [0.717, 1.165) is 0 Å². The normalized spacial score (nSPS) is 13.9. The number of benzene rings is 1. The summed E-state index contributed by atoms with van der Waals surface area (Å²) in [4.78, 5) is 0.261. The van der Waals surface area contributed by atoms with Crippen LogP contribution in [0.25, 0.3) is 0 Å². The molecule has 0 saturated carbocycles. The van der Waals surface area contributed by atoms with Crippen LogP contribution in [0.3, 0.4) is 0 Å². The van der Waals surface area contributed by atoms with Gasteiger partial charge in [-0.15, -0.1) is 11.6 Å². The molecule has 0 spiro atoms. The van der Waals surface area contributed by atoms with Crippen molar-refractivity contribution < 1.29 is 8.42 Å². The number of nitrogens with one attached hydrogen (secondary N) is 1. The fraction of sp³-hybridized carbons (Fsp3) is 0.333. The van der Waals surface area contributed by atoms with Crippen LogP contribution in [0.5, 0.6) is 0 Å². The van der Waals surface area contributed by atoms with Gasteiger partial charge in [0.2, 0.25) is 10.0 Å². The quantitative estimate of drug-likeness (QED) is 0.803. The fourth-order valence-electron chi connectivity index (χ4n) is 0.964. The summed E-state index contributed by atoms with van der Waals surface area (Å²) in [5, 5.41) is 0. The van der Waals surface area contributed by atoms with Crippen molar-refractivity contribution in [2.45, 2.75) is 17.9 Å². The summed E-state index contributed by atoms with van der Waals surface area (Å²) in [5.74, 6) is 0.256. The van der Waals surface area contributed by atoms with Crippen molar-refractivity contribution in [1.82, 2.24) is 4.72 Å². The number of rotatable bonds is 4. The van der Waals surface area contributed by atoms with E-state index in [1.165, 1.54) is 0 Å². The van der Waals surface area contributed by atoms with Crippen LogP contribution < -0.4 is 4.72 Å². The van der Waals surface area contributed by atoms with E-state index in [-0.39, 0.29) is 16.8 Å². The maximum Gasteiger partial charge on any atom is 0.240 e. The highest BCUT2D eigenvalue weighted by molar-refractivity contribution is 7.89. The lowest BCUT2D eigenvalue weighted by atomic mass is 10.4. The molecule has 1 N–H and O–H groups in total. The van der Waals surface area contributed by atoms with E-state index in [1.807, 2.05) is 0 Å². The van der Waals surface area contributed by atoms with Gasteiger partial charge in [-0.25, -0.2) is 13.1 Å². The summed E-state index contributed by atoms with van der Waals surface area (Å²) in [6.45, 7) is 1.72. The maximum absolute atomic E-state index is 11.6. The minimum absolute atomic E-state index is 0.256. The molecule has 0 aliphatic heterocycles. The Kier molecular flexibility index (Phi) is 3.92. The molecule has 0 fully saturated rings. The lowest BCUT2D eigenvalue weighted by Gasteiger charge is -2.10. The standard InChI is InChI=1S/C9H12ClNO2S/c1-8(7-10)11-14(12,13)9-5-3-2-4-6-9/h2-6,8,11H,7H2,1H3/t8-/m1/s1. The van der Waals surface area contributed by atoms with E-state index in [2.05, 4.69) is 4.72 Å². The van der Waals surface area contributed by atoms with E-state index >= 15 is 0 Å². The Bertz CT molecular complexity index is 377. The average Bonchev–Trinajstić information content (AvgIpc) is 2.18. The lowest BCUT2D eigenvalue weighted by molar-refractivity contribution is 0.570. The molecule has 0 amide bonds. The summed E-state index contributed by atoms with van der Waals surface area (Å²) < 4.78 is 25.7. The van der Waals surface area contributed by atoms with Crippen LogP contribution >= 0.6 is 11.6 Å². The van der Waals surface area contributed by atoms with Gasteiger partial charge in [-0.2, -0.15) is 0 Å². The number of alkyl halides is 1. The summed E-state index contributed by atoms with van der Waals surface area (Å²) in [5.41, 5.74) is 0. The van der Waals surface area contributed by atoms with Gasteiger partial charge in [-0.05, 0) is 19.1 Å². The average molecular weight is 234 g/mol. The Balaban J connectivity index is 2.87. The fourth-order valence-corrected chi connectivity index (χ4v) is 2.40. The summed E-state index contributed by atoms with van der Waals surface area (Å²) in [6, 6.07) is 7.96. The molecule has 14 heavy (non-hydrogen) atoms. The molecular formula is C9H12ClNO2S. The molecule has 1 aromatic rings. The molecule has 1 atom stereocenters. The maximum atomic E-state index is 11.6. The molecule has 3 nitrogen and oxygen atoms in total. The van der Waals surface area contributed by atoms with Gasteiger partial charge in [-0.1, -0.05) is 18.2 Å². The highest BCUT2D eigenvalue weighted by Gasteiger charge is 2.15. The zero-order chi connectivity index (χ0) is 10.6. The van der Waals surface area contributed by atoms with Crippen molar-refractivity contribution >= 4 is 21.6 Å². The molecule has 1 rings (SSSR count). The number of hydrogen-bond acceptors (Lipinski definition) is 2. The molecule has 0 bridgehead atoms. The first kappa shape index (κ1) is 11.5. The zero-order valence-corrected chi connectivity index (χ0v) is 9.35. The minimum atomic E-state index is -3.41. The molecule has 1 aromatic carbocycles. The predicted octanol–water partition coefficient (Wildman–Crippen LogP) is 1.59. The molecule has 0 radical (unpaired) electrons. The largest absolute Gasteiger partial charge is 0.240 e. The third kappa shape index (κ3) is 2.97. The van der Waals surface area contributed by atoms with Crippen molar-refractivity contribution in [3.8, 4) is 0 Å². The Morgan fingerprint density at radius 3 is 2.43 bits per heavy atom. The molecule has 5 heteroatoms. The Labute approximate surface area is 89.1 Å². The zero-order valence-electron chi connectivity index (χ0n) is 7.77. The van der Waals surface area contributed by atoms with Crippen LogP contribution in [0.1, 0.15) is 6.92 Å². The van der Waals surface area contributed by atoms with Crippen molar-refractivity contribution in [3.63, 3.8) is 0 Å². The van der Waals surface area contributed by atoms with Gasteiger partial charge >= 0.3 is 0 Å². The summed E-state index contributed by atoms with van der Waals surface area (Å²) >= 11 is 5.52. The van der Waals surface area contributed by atoms with Gasteiger partial charge < -0.3 is 0 Å². The molecule has 0 unspecified atom stereocenters. The van der Waals surface area contributed by atoms with Crippen LogP contribution in [0.4, 0.5) is 0 Å². The van der Waals surface area contributed by atoms with Gasteiger partial charge in [0.15, 0.2) is 0 Å². The molecule has 0 aliphatic rings. The minimum Gasteiger partial charge on any atom is -0.207 e. The molecule has 78 valence electrons. The number of hydrogen-bond donors (Lipinski definition) is 1. The van der Waals surface area contributed by atoms with Crippen LogP contribution in [-0.2, 0) is 10.0 Å². The van der Waals surface area contributed by atoms with E-state index < -0.39 is 10.0 Å². The lowest BCUT2D eigenvalue weighted by Crippen LogP contribution is -2.33. The summed E-state index contributed by atoms with van der Waals surface area (Å²) in [6.07, 6.45) is 0. The van der Waals surface area contributed by atoms with Gasteiger partial charge in [0.05, 0.1) is 4.90 Å². The second-order valence-corrected chi connectivity index (χ2v) is 5.01. The molecular weight excluding hydrogens is 222 g/mol. The highest BCUT2D eigenvalue weighted by Crippen LogP contribution is 2.07. The van der Waals surface area contributed by atoms with Crippen molar-refractivity contribution in [1.29, 1.82) is 0 Å². The van der Waals surface area contributed by atoms with Crippen molar-refractivity contribution in [2.24, 2.45) is 0 Å². The first-order chi connectivity index (χ1) is 6.56. The SMILES string of the molecule is C[C@H](CCl)NS(=O)(=O)c1ccccc1. The first-order valence-electron chi connectivity index (χ1n) is 4.19. The van der Waals surface area contributed by atoms with Crippen LogP contribution in [0.15, 0.2) is 35.2 Å². The van der Waals surface area contributed by atoms with Crippen molar-refractivity contribution in [3.05, 3.63) is 30.3 Å². The Hall–Kier alpha value is -0.580. The van der Waals surface area contributed by atoms with Gasteiger partial charge in [0.25, 0.3) is 0 Å². The molecule has 0 saturated heterocycles. The van der Waals surface area contributed by atoms with Crippen molar-refractivity contribution in [2.75, 3.05) is 5.88 Å². The second-order valence-electron chi connectivity index (χ2n) is 2.99. The van der Waals surface area contributed by atoms with E-state index in [4.69, 9.17) is 11.6 Å².